The van der Waals surface area contributed by atoms with Crippen LogP contribution >= 0.6 is 11.8 Å². The van der Waals surface area contributed by atoms with Crippen molar-refractivity contribution in [2.75, 3.05) is 17.6 Å². The first-order valence-corrected chi connectivity index (χ1v) is 9.89. The second kappa shape index (κ2) is 10.5. The zero-order valence-electron chi connectivity index (χ0n) is 16.1. The number of benzene rings is 1. The third kappa shape index (κ3) is 6.38. The van der Waals surface area contributed by atoms with Gasteiger partial charge in [0, 0.05) is 19.2 Å². The van der Waals surface area contributed by atoms with Crippen LogP contribution in [0.3, 0.4) is 0 Å². The Morgan fingerprint density at radius 3 is 2.71 bits per heavy atom. The van der Waals surface area contributed by atoms with Crippen LogP contribution in [0.15, 0.2) is 29.4 Å². The molecule has 150 valence electrons. The lowest BCUT2D eigenvalue weighted by atomic mass is 10.2. The van der Waals surface area contributed by atoms with Gasteiger partial charge in [-0.2, -0.15) is 0 Å². The molecule has 0 saturated carbocycles. The van der Waals surface area contributed by atoms with E-state index in [1.807, 2.05) is 19.1 Å². The number of imide groups is 1. The standard InChI is InChI=1S/C18H24N6O3S/c1-4-5-9-19-17(27)21-16(26)11-28-18-23-22-12(2)24(18)15-8-6-7-14(10-15)20-13(3)25/h6-8,10H,4-5,9,11H2,1-3H3,(H,20,25)(H2,19,21,26,27). The molecule has 9 nitrogen and oxygen atoms in total. The predicted molar refractivity (Wildman–Crippen MR) is 108 cm³/mol. The lowest BCUT2D eigenvalue weighted by Crippen LogP contribution is -2.40. The molecule has 0 bridgehead atoms. The second-order valence-electron chi connectivity index (χ2n) is 6.04. The molecule has 0 radical (unpaired) electrons. The molecule has 0 saturated heterocycles. The van der Waals surface area contributed by atoms with E-state index in [-0.39, 0.29) is 11.7 Å². The van der Waals surface area contributed by atoms with Gasteiger partial charge in [-0.15, -0.1) is 10.2 Å². The summed E-state index contributed by atoms with van der Waals surface area (Å²) in [5.41, 5.74) is 1.41. The van der Waals surface area contributed by atoms with Crippen LogP contribution < -0.4 is 16.0 Å². The molecule has 10 heteroatoms. The molecule has 28 heavy (non-hydrogen) atoms. The van der Waals surface area contributed by atoms with Crippen molar-refractivity contribution < 1.29 is 14.4 Å². The van der Waals surface area contributed by atoms with E-state index in [2.05, 4.69) is 26.1 Å². The van der Waals surface area contributed by atoms with Crippen LogP contribution in [-0.4, -0.2) is 44.9 Å². The molecule has 0 aliphatic rings. The van der Waals surface area contributed by atoms with Crippen molar-refractivity contribution in [3.8, 4) is 5.69 Å². The maximum Gasteiger partial charge on any atom is 0.321 e. The van der Waals surface area contributed by atoms with E-state index in [4.69, 9.17) is 0 Å². The molecule has 0 aliphatic carbocycles. The van der Waals surface area contributed by atoms with Crippen molar-refractivity contribution in [3.63, 3.8) is 0 Å². The summed E-state index contributed by atoms with van der Waals surface area (Å²) in [6, 6.07) is 6.74. The molecule has 0 fully saturated rings. The number of anilines is 1. The molecule has 3 N–H and O–H groups in total. The number of aryl methyl sites for hydroxylation is 1. The third-order valence-electron chi connectivity index (χ3n) is 3.62. The summed E-state index contributed by atoms with van der Waals surface area (Å²) in [5, 5.41) is 16.3. The Morgan fingerprint density at radius 2 is 2.00 bits per heavy atom. The van der Waals surface area contributed by atoms with Crippen LogP contribution in [0, 0.1) is 6.92 Å². The topological polar surface area (TPSA) is 118 Å². The lowest BCUT2D eigenvalue weighted by molar-refractivity contribution is -0.117. The van der Waals surface area contributed by atoms with E-state index >= 15 is 0 Å². The molecule has 0 spiro atoms. The van der Waals surface area contributed by atoms with Crippen molar-refractivity contribution in [2.45, 2.75) is 38.8 Å². The smallest absolute Gasteiger partial charge is 0.321 e. The number of carbonyl (C=O) groups excluding carboxylic acids is 3. The summed E-state index contributed by atoms with van der Waals surface area (Å²) in [4.78, 5) is 34.9. The Kier molecular flexibility index (Phi) is 8.00. The van der Waals surface area contributed by atoms with E-state index in [0.717, 1.165) is 18.5 Å². The van der Waals surface area contributed by atoms with Crippen molar-refractivity contribution in [3.05, 3.63) is 30.1 Å². The van der Waals surface area contributed by atoms with E-state index in [9.17, 15) is 14.4 Å². The predicted octanol–water partition coefficient (Wildman–Crippen LogP) is 2.25. The summed E-state index contributed by atoms with van der Waals surface area (Å²) in [5.74, 6) is 0.0737. The fourth-order valence-corrected chi connectivity index (χ4v) is 3.17. The van der Waals surface area contributed by atoms with Crippen molar-refractivity contribution in [1.82, 2.24) is 25.4 Å². The van der Waals surface area contributed by atoms with Gasteiger partial charge in [0.1, 0.15) is 5.82 Å². The van der Waals surface area contributed by atoms with Gasteiger partial charge in [-0.3, -0.25) is 19.5 Å². The van der Waals surface area contributed by atoms with Gasteiger partial charge >= 0.3 is 6.03 Å². The first kappa shape index (κ1) is 21.4. The van der Waals surface area contributed by atoms with E-state index in [1.165, 1.54) is 18.7 Å². The zero-order valence-corrected chi connectivity index (χ0v) is 16.9. The SMILES string of the molecule is CCCCNC(=O)NC(=O)CSc1nnc(C)n1-c1cccc(NC(C)=O)c1. The fourth-order valence-electron chi connectivity index (χ4n) is 2.38. The number of nitrogens with zero attached hydrogens (tertiary/aromatic N) is 3. The minimum absolute atomic E-state index is 0.0186. The summed E-state index contributed by atoms with van der Waals surface area (Å²) >= 11 is 1.17. The van der Waals surface area contributed by atoms with Crippen LogP contribution in [0.1, 0.15) is 32.5 Å². The highest BCUT2D eigenvalue weighted by molar-refractivity contribution is 7.99. The summed E-state index contributed by atoms with van der Waals surface area (Å²) in [7, 11) is 0. The number of carbonyl (C=O) groups is 3. The minimum Gasteiger partial charge on any atom is -0.338 e. The Morgan fingerprint density at radius 1 is 1.21 bits per heavy atom. The van der Waals surface area contributed by atoms with Gasteiger partial charge in [0.15, 0.2) is 5.16 Å². The number of nitrogens with one attached hydrogen (secondary N) is 3. The average molecular weight is 404 g/mol. The Labute approximate surface area is 167 Å². The third-order valence-corrected chi connectivity index (χ3v) is 4.55. The molecule has 1 aromatic heterocycles. The Bertz CT molecular complexity index is 852. The zero-order chi connectivity index (χ0) is 20.5. The fraction of sp³-hybridized carbons (Fsp3) is 0.389. The van der Waals surface area contributed by atoms with E-state index < -0.39 is 11.9 Å². The normalized spacial score (nSPS) is 10.4. The number of hydrogen-bond acceptors (Lipinski definition) is 6. The number of hydrogen-bond donors (Lipinski definition) is 3. The quantitative estimate of drug-likeness (QED) is 0.459. The maximum absolute atomic E-state index is 12.0. The Balaban J connectivity index is 2.02. The van der Waals surface area contributed by atoms with Gasteiger partial charge in [0.2, 0.25) is 11.8 Å². The molecule has 2 aromatic rings. The van der Waals surface area contributed by atoms with Crippen molar-refractivity contribution in [1.29, 1.82) is 0 Å². The summed E-state index contributed by atoms with van der Waals surface area (Å²) in [6.45, 7) is 5.78. The number of urea groups is 1. The van der Waals surface area contributed by atoms with E-state index in [0.29, 0.717) is 23.2 Å². The van der Waals surface area contributed by atoms with Gasteiger partial charge in [0.25, 0.3) is 0 Å². The van der Waals surface area contributed by atoms with Gasteiger partial charge < -0.3 is 10.6 Å². The van der Waals surface area contributed by atoms with Gasteiger partial charge in [-0.05, 0) is 31.5 Å². The largest absolute Gasteiger partial charge is 0.338 e. The first-order valence-electron chi connectivity index (χ1n) is 8.91. The number of thioether (sulfide) groups is 1. The molecule has 4 amide bonds. The molecular weight excluding hydrogens is 380 g/mol. The molecular formula is C18H24N6O3S. The highest BCUT2D eigenvalue weighted by Gasteiger charge is 2.15. The first-order chi connectivity index (χ1) is 13.4. The lowest BCUT2D eigenvalue weighted by Gasteiger charge is -2.10. The van der Waals surface area contributed by atoms with Crippen LogP contribution in [-0.2, 0) is 9.59 Å². The highest BCUT2D eigenvalue weighted by Crippen LogP contribution is 2.23. The molecule has 0 unspecified atom stereocenters. The van der Waals surface area contributed by atoms with Crippen LogP contribution in [0.4, 0.5) is 10.5 Å². The number of rotatable bonds is 8. The molecule has 1 heterocycles. The second-order valence-corrected chi connectivity index (χ2v) is 6.99. The summed E-state index contributed by atoms with van der Waals surface area (Å²) < 4.78 is 1.78. The van der Waals surface area contributed by atoms with Crippen LogP contribution in [0.2, 0.25) is 0 Å². The van der Waals surface area contributed by atoms with Gasteiger partial charge in [0.05, 0.1) is 11.4 Å². The van der Waals surface area contributed by atoms with Gasteiger partial charge in [-0.1, -0.05) is 31.2 Å². The maximum atomic E-state index is 12.0. The van der Waals surface area contributed by atoms with Gasteiger partial charge in [-0.25, -0.2) is 4.79 Å². The molecule has 2 rings (SSSR count). The van der Waals surface area contributed by atoms with Crippen molar-refractivity contribution >= 4 is 35.3 Å². The molecule has 0 atom stereocenters. The van der Waals surface area contributed by atoms with Crippen LogP contribution in [0.25, 0.3) is 5.69 Å². The Hall–Kier alpha value is -2.88. The number of amides is 4. The number of unbranched alkanes of at least 4 members (excludes halogenated alkanes) is 1. The van der Waals surface area contributed by atoms with Crippen LogP contribution in [0.5, 0.6) is 0 Å². The minimum atomic E-state index is -0.500. The van der Waals surface area contributed by atoms with E-state index in [1.54, 1.807) is 23.6 Å². The molecule has 1 aromatic carbocycles. The monoisotopic (exact) mass is 404 g/mol. The van der Waals surface area contributed by atoms with Crippen molar-refractivity contribution in [2.24, 2.45) is 0 Å². The number of aromatic nitrogens is 3. The summed E-state index contributed by atoms with van der Waals surface area (Å²) in [6.07, 6.45) is 1.82. The molecule has 0 aliphatic heterocycles. The average Bonchev–Trinajstić information content (AvgIpc) is 3.00. The highest BCUT2D eigenvalue weighted by atomic mass is 32.2.